The molecule has 0 saturated carbocycles. The van der Waals surface area contributed by atoms with Crippen LogP contribution in [0, 0.1) is 6.92 Å². The van der Waals surface area contributed by atoms with E-state index in [0.29, 0.717) is 6.42 Å². The largest absolute Gasteiger partial charge is 0.399 e. The Kier molecular flexibility index (Phi) is 8.57. The van der Waals surface area contributed by atoms with Crippen molar-refractivity contribution >= 4 is 67.9 Å². The summed E-state index contributed by atoms with van der Waals surface area (Å²) in [5.41, 5.74) is 23.6. The maximum atomic E-state index is 6.01. The highest BCUT2D eigenvalue weighted by molar-refractivity contribution is 6.15. The molecule has 2 aromatic heterocycles. The quantitative estimate of drug-likeness (QED) is 0.0787. The fourth-order valence-electron chi connectivity index (χ4n) is 7.20. The van der Waals surface area contributed by atoms with Gasteiger partial charge >= 0.3 is 0 Å². The molecule has 0 atom stereocenters. The lowest BCUT2D eigenvalue weighted by Gasteiger charge is -2.22. The molecule has 7 heteroatoms. The van der Waals surface area contributed by atoms with E-state index in [9.17, 15) is 0 Å². The number of aromatic nitrogens is 2. The first kappa shape index (κ1) is 32.0. The van der Waals surface area contributed by atoms with Gasteiger partial charge in [-0.3, -0.25) is 0 Å². The Morgan fingerprint density at radius 1 is 0.939 bits per heavy atom. The highest BCUT2D eigenvalue weighted by Gasteiger charge is 2.27. The van der Waals surface area contributed by atoms with E-state index in [1.54, 1.807) is 0 Å². The zero-order valence-electron chi connectivity index (χ0n) is 28.0. The normalized spacial score (nSPS) is 13.0. The number of nitrogens with zero attached hydrogens (tertiary/aromatic N) is 1. The van der Waals surface area contributed by atoms with E-state index in [-0.39, 0.29) is 0 Å². The van der Waals surface area contributed by atoms with Gasteiger partial charge in [0.1, 0.15) is 0 Å². The first-order valence-corrected chi connectivity index (χ1v) is 17.2. The van der Waals surface area contributed by atoms with Gasteiger partial charge in [-0.15, -0.1) is 11.6 Å². The van der Waals surface area contributed by atoms with Crippen molar-refractivity contribution in [3.05, 3.63) is 155 Å². The second-order valence-corrected chi connectivity index (χ2v) is 12.8. The van der Waals surface area contributed by atoms with Crippen molar-refractivity contribution in [1.29, 1.82) is 0 Å². The van der Waals surface area contributed by atoms with Gasteiger partial charge in [-0.1, -0.05) is 44.0 Å². The van der Waals surface area contributed by atoms with Gasteiger partial charge in [0.15, 0.2) is 0 Å². The molecule has 0 fully saturated rings. The van der Waals surface area contributed by atoms with Crippen molar-refractivity contribution in [2.45, 2.75) is 26.2 Å². The van der Waals surface area contributed by atoms with Crippen molar-refractivity contribution < 1.29 is 0 Å². The summed E-state index contributed by atoms with van der Waals surface area (Å²) in [5, 5.41) is 9.45. The highest BCUT2D eigenvalue weighted by atomic mass is 35.5. The first-order valence-electron chi connectivity index (χ1n) is 16.5. The van der Waals surface area contributed by atoms with Crippen LogP contribution < -0.4 is 21.3 Å². The Labute approximate surface area is 292 Å². The van der Waals surface area contributed by atoms with E-state index in [0.717, 1.165) is 70.1 Å². The lowest BCUT2D eigenvalue weighted by atomic mass is 9.98. The third-order valence-electron chi connectivity index (χ3n) is 9.51. The van der Waals surface area contributed by atoms with Crippen molar-refractivity contribution in [3.63, 3.8) is 0 Å². The molecule has 246 valence electrons. The molecular weight excluding hydrogens is 624 g/mol. The molecule has 0 spiro atoms. The SMILES string of the molecule is C=C(Cc1cc2c(c3c(C)c[nH]c13)CCN2C(=C)c1cc2cc(NC(=C)C3=Cc4ccc(N)cc4C3)ccc2[nH]1)Nc1ccccc1.CCl. The summed E-state index contributed by atoms with van der Waals surface area (Å²) in [5.74, 6) is 0. The smallest absolute Gasteiger partial charge is 0.0626 e. The highest BCUT2D eigenvalue weighted by Crippen LogP contribution is 2.42. The maximum Gasteiger partial charge on any atom is 0.0626 e. The molecule has 0 saturated heterocycles. The molecule has 1 aliphatic carbocycles. The van der Waals surface area contributed by atoms with Crippen LogP contribution >= 0.6 is 11.6 Å². The van der Waals surface area contributed by atoms with Crippen molar-refractivity contribution in [3.8, 4) is 0 Å². The second-order valence-electron chi connectivity index (χ2n) is 12.8. The van der Waals surface area contributed by atoms with E-state index in [1.807, 2.05) is 30.3 Å². The number of hydrogen-bond donors (Lipinski definition) is 5. The second kappa shape index (κ2) is 13.1. The maximum absolute atomic E-state index is 6.01. The van der Waals surface area contributed by atoms with Crippen LogP contribution in [0.2, 0.25) is 0 Å². The molecule has 6 aromatic rings. The number of rotatable bonds is 9. The molecule has 3 heterocycles. The number of para-hydroxylation sites is 1. The van der Waals surface area contributed by atoms with Gasteiger partial charge in [0.25, 0.3) is 0 Å². The van der Waals surface area contributed by atoms with E-state index in [2.05, 4.69) is 125 Å². The average Bonchev–Trinajstić information content (AvgIpc) is 3.90. The number of allylic oxidation sites excluding steroid dienone is 2. The van der Waals surface area contributed by atoms with Gasteiger partial charge in [-0.25, -0.2) is 0 Å². The van der Waals surface area contributed by atoms with E-state index in [4.69, 9.17) is 5.73 Å². The lowest BCUT2D eigenvalue weighted by molar-refractivity contribution is 1.00. The zero-order valence-corrected chi connectivity index (χ0v) is 28.8. The van der Waals surface area contributed by atoms with Gasteiger partial charge in [0.05, 0.1) is 11.4 Å². The molecule has 0 amide bonds. The van der Waals surface area contributed by atoms with Crippen LogP contribution in [0.25, 0.3) is 33.6 Å². The number of nitrogens with one attached hydrogen (secondary N) is 4. The Hall–Kier alpha value is -5.59. The zero-order chi connectivity index (χ0) is 34.2. The number of benzene rings is 4. The Bertz CT molecular complexity index is 2290. The van der Waals surface area contributed by atoms with Crippen LogP contribution in [-0.4, -0.2) is 22.9 Å². The first-order chi connectivity index (χ1) is 23.8. The van der Waals surface area contributed by atoms with Crippen molar-refractivity contribution in [1.82, 2.24) is 9.97 Å². The molecule has 0 unspecified atom stereocenters. The number of aryl methyl sites for hydroxylation is 1. The van der Waals surface area contributed by atoms with E-state index in [1.165, 1.54) is 56.4 Å². The van der Waals surface area contributed by atoms with Crippen LogP contribution in [0.5, 0.6) is 0 Å². The number of H-pyrrole nitrogens is 2. The molecule has 4 aromatic carbocycles. The summed E-state index contributed by atoms with van der Waals surface area (Å²) < 4.78 is 0. The monoisotopic (exact) mass is 664 g/mol. The van der Waals surface area contributed by atoms with Gasteiger partial charge in [-0.2, -0.15) is 0 Å². The summed E-state index contributed by atoms with van der Waals surface area (Å²) in [6.07, 6.45) is 8.29. The topological polar surface area (TPSA) is 84.9 Å². The Balaban J connectivity index is 0.00000186. The molecule has 6 nitrogen and oxygen atoms in total. The molecule has 8 rings (SSSR count). The Morgan fingerprint density at radius 3 is 2.57 bits per heavy atom. The minimum Gasteiger partial charge on any atom is -0.399 e. The minimum absolute atomic E-state index is 0.712. The van der Waals surface area contributed by atoms with Crippen LogP contribution in [0.4, 0.5) is 22.7 Å². The van der Waals surface area contributed by atoms with Crippen molar-refractivity contribution in [2.24, 2.45) is 0 Å². The van der Waals surface area contributed by atoms with Crippen molar-refractivity contribution in [2.75, 3.05) is 34.2 Å². The number of aromatic amines is 2. The number of fused-ring (bicyclic) bond motifs is 5. The van der Waals surface area contributed by atoms with Gasteiger partial charge in [0.2, 0.25) is 0 Å². The summed E-state index contributed by atoms with van der Waals surface area (Å²) in [6, 6.07) is 27.2. The third kappa shape index (κ3) is 6.12. The summed E-state index contributed by atoms with van der Waals surface area (Å²) >= 11 is 4.64. The molecule has 2 aliphatic rings. The van der Waals surface area contributed by atoms with Crippen LogP contribution in [-0.2, 0) is 19.3 Å². The molecule has 49 heavy (non-hydrogen) atoms. The van der Waals surface area contributed by atoms with Crippen LogP contribution in [0.3, 0.4) is 0 Å². The number of halogens is 1. The summed E-state index contributed by atoms with van der Waals surface area (Å²) in [6.45, 7) is 16.4. The van der Waals surface area contributed by atoms with Gasteiger partial charge in [-0.05, 0) is 107 Å². The van der Waals surface area contributed by atoms with E-state index >= 15 is 0 Å². The predicted molar refractivity (Wildman–Crippen MR) is 211 cm³/mol. The van der Waals surface area contributed by atoms with Gasteiger partial charge in [0, 0.05) is 87.9 Å². The molecular formula is C42H41ClN6. The van der Waals surface area contributed by atoms with Crippen LogP contribution in [0.15, 0.2) is 122 Å². The van der Waals surface area contributed by atoms with Crippen LogP contribution in [0.1, 0.15) is 33.5 Å². The summed E-state index contributed by atoms with van der Waals surface area (Å²) in [4.78, 5) is 9.55. The number of nitrogen functional groups attached to an aromatic ring is 1. The minimum atomic E-state index is 0.712. The molecule has 1 aliphatic heterocycles. The fraction of sp³-hybridized carbons (Fsp3) is 0.143. The Morgan fingerprint density at radius 2 is 1.76 bits per heavy atom. The number of nitrogens with two attached hydrogens (primary N) is 1. The lowest BCUT2D eigenvalue weighted by Crippen LogP contribution is -2.18. The molecule has 0 radical (unpaired) electrons. The number of hydrogen-bond acceptors (Lipinski definition) is 4. The summed E-state index contributed by atoms with van der Waals surface area (Å²) in [7, 11) is 0. The van der Waals surface area contributed by atoms with E-state index < -0.39 is 0 Å². The number of alkyl halides is 1. The molecule has 0 bridgehead atoms. The molecule has 6 N–H and O–H groups in total. The fourth-order valence-corrected chi connectivity index (χ4v) is 7.20. The van der Waals surface area contributed by atoms with Gasteiger partial charge < -0.3 is 31.2 Å². The number of anilines is 4. The standard InChI is InChI=1S/C41H38N6.CH3Cl/c1-24-23-43-41-32(16-25(2)44-34-8-6-5-7-9-34)22-39-36(40(24)41)14-15-47(39)27(4)38-21-31-20-35(12-13-37(31)46-38)45-26(3)29-17-28-10-11-33(42)19-30(28)18-29;1-2/h5-13,17,19-23,43-46H,2-4,14-16,18,42H2,1H3;1H3. The average molecular weight is 665 g/mol. The predicted octanol–water partition coefficient (Wildman–Crippen LogP) is 10.2. The third-order valence-corrected chi connectivity index (χ3v) is 9.51.